The van der Waals surface area contributed by atoms with Crippen molar-refractivity contribution in [3.8, 4) is 0 Å². The van der Waals surface area contributed by atoms with Gasteiger partial charge in [0.15, 0.2) is 0 Å². The molecule has 0 saturated carbocycles. The molecule has 2 aromatic carbocycles. The monoisotopic (exact) mass is 406 g/mol. The molecule has 9 heteroatoms. The van der Waals surface area contributed by atoms with Crippen LogP contribution in [0.4, 0.5) is 0 Å². The lowest BCUT2D eigenvalue weighted by Gasteiger charge is -2.18. The zero-order valence-corrected chi connectivity index (χ0v) is 15.9. The Labute approximate surface area is 163 Å². The summed E-state index contributed by atoms with van der Waals surface area (Å²) in [5.74, 6) is -2.31. The lowest BCUT2D eigenvalue weighted by molar-refractivity contribution is -0.138. The van der Waals surface area contributed by atoms with E-state index in [1.165, 1.54) is 0 Å². The predicted molar refractivity (Wildman–Crippen MR) is 103 cm³/mol. The topological polar surface area (TPSA) is 122 Å². The highest BCUT2D eigenvalue weighted by Crippen LogP contribution is 2.06. The number of hydrogen-bond donors (Lipinski definition) is 3. The summed E-state index contributed by atoms with van der Waals surface area (Å²) in [6, 6.07) is 16.4. The molecule has 8 nitrogen and oxygen atoms in total. The van der Waals surface area contributed by atoms with Crippen LogP contribution in [0.15, 0.2) is 60.7 Å². The molecule has 3 N–H and O–H groups in total. The van der Waals surface area contributed by atoms with Crippen molar-refractivity contribution in [1.29, 1.82) is 0 Å². The summed E-state index contributed by atoms with van der Waals surface area (Å²) in [4.78, 5) is 22.9. The van der Waals surface area contributed by atoms with Crippen LogP contribution < -0.4 is 10.0 Å². The number of aliphatic carboxylic acids is 1. The Kier molecular flexibility index (Phi) is 8.12. The summed E-state index contributed by atoms with van der Waals surface area (Å²) in [5, 5.41) is 10.9. The zero-order valence-electron chi connectivity index (χ0n) is 15.1. The molecule has 0 heterocycles. The molecule has 1 amide bonds. The minimum Gasteiger partial charge on any atom is -0.480 e. The second-order valence-electron chi connectivity index (χ2n) is 6.03. The molecular weight excluding hydrogens is 384 g/mol. The number of carbonyl (C=O) groups excluding carboxylic acids is 1. The third-order valence-electron chi connectivity index (χ3n) is 3.65. The molecule has 0 radical (unpaired) electrons. The van der Waals surface area contributed by atoms with Gasteiger partial charge in [0.2, 0.25) is 15.9 Å². The second kappa shape index (κ2) is 10.5. The van der Waals surface area contributed by atoms with E-state index in [0.29, 0.717) is 5.56 Å². The van der Waals surface area contributed by atoms with Gasteiger partial charge in [-0.15, -0.1) is 0 Å². The van der Waals surface area contributed by atoms with Gasteiger partial charge < -0.3 is 15.2 Å². The third kappa shape index (κ3) is 7.87. The van der Waals surface area contributed by atoms with Crippen LogP contribution in [0, 0.1) is 0 Å². The normalized spacial score (nSPS) is 12.3. The molecule has 0 aromatic heterocycles. The van der Waals surface area contributed by atoms with E-state index in [2.05, 4.69) is 10.0 Å². The van der Waals surface area contributed by atoms with Gasteiger partial charge in [0.05, 0.1) is 19.0 Å². The number of amides is 1. The Morgan fingerprint density at radius 3 is 2.11 bits per heavy atom. The molecule has 0 aliphatic carbocycles. The first-order valence-corrected chi connectivity index (χ1v) is 10.2. The van der Waals surface area contributed by atoms with Gasteiger partial charge in [0.1, 0.15) is 12.6 Å². The number of hydrogen-bond acceptors (Lipinski definition) is 5. The minimum absolute atomic E-state index is 0.184. The molecule has 0 aliphatic rings. The molecule has 0 bridgehead atoms. The van der Waals surface area contributed by atoms with E-state index >= 15 is 0 Å². The van der Waals surface area contributed by atoms with E-state index in [4.69, 9.17) is 9.84 Å². The van der Waals surface area contributed by atoms with E-state index in [1.807, 2.05) is 30.3 Å². The van der Waals surface area contributed by atoms with Gasteiger partial charge in [-0.3, -0.25) is 9.59 Å². The summed E-state index contributed by atoms with van der Waals surface area (Å²) in [7, 11) is -3.85. The minimum atomic E-state index is -3.85. The largest absolute Gasteiger partial charge is 0.480 e. The van der Waals surface area contributed by atoms with Crippen molar-refractivity contribution in [2.75, 3.05) is 13.2 Å². The first kappa shape index (κ1) is 21.5. The summed E-state index contributed by atoms with van der Waals surface area (Å²) in [6.45, 7) is -0.674. The highest BCUT2D eigenvalue weighted by Gasteiger charge is 2.25. The van der Waals surface area contributed by atoms with Gasteiger partial charge in [0.25, 0.3) is 0 Å². The van der Waals surface area contributed by atoms with Crippen molar-refractivity contribution in [2.24, 2.45) is 0 Å². The fourth-order valence-corrected chi connectivity index (χ4v) is 3.69. The molecule has 0 spiro atoms. The lowest BCUT2D eigenvalue weighted by Crippen LogP contribution is -2.50. The van der Waals surface area contributed by atoms with E-state index in [1.54, 1.807) is 30.3 Å². The molecule has 0 unspecified atom stereocenters. The van der Waals surface area contributed by atoms with E-state index in [0.717, 1.165) is 5.56 Å². The summed E-state index contributed by atoms with van der Waals surface area (Å²) < 4.78 is 32.6. The van der Waals surface area contributed by atoms with Crippen molar-refractivity contribution in [3.63, 3.8) is 0 Å². The van der Waals surface area contributed by atoms with Gasteiger partial charge in [-0.05, 0) is 11.1 Å². The van der Waals surface area contributed by atoms with Crippen LogP contribution in [0.1, 0.15) is 11.1 Å². The van der Waals surface area contributed by atoms with Gasteiger partial charge in [0, 0.05) is 0 Å². The zero-order chi connectivity index (χ0) is 20.4. The van der Waals surface area contributed by atoms with Crippen molar-refractivity contribution >= 4 is 21.9 Å². The second-order valence-corrected chi connectivity index (χ2v) is 7.78. The molecule has 1 atom stereocenters. The maximum atomic E-state index is 12.4. The third-order valence-corrected chi connectivity index (χ3v) is 5.00. The Morgan fingerprint density at radius 1 is 0.964 bits per heavy atom. The average Bonchev–Trinajstić information content (AvgIpc) is 2.66. The Bertz CT molecular complexity index is 872. The maximum absolute atomic E-state index is 12.4. The molecule has 28 heavy (non-hydrogen) atoms. The van der Waals surface area contributed by atoms with Crippen LogP contribution in [0.5, 0.6) is 0 Å². The number of nitrogens with one attached hydrogen (secondary N) is 2. The summed E-state index contributed by atoms with van der Waals surface area (Å²) >= 11 is 0. The smallest absolute Gasteiger partial charge is 0.322 e. The molecule has 2 rings (SSSR count). The SMILES string of the molecule is O=C(O)CNC(=O)[C@@H](COCc1ccccc1)NS(=O)(=O)Cc1ccccc1. The van der Waals surface area contributed by atoms with Crippen LogP contribution >= 0.6 is 0 Å². The number of sulfonamides is 1. The standard InChI is InChI=1S/C19H22N2O6S/c22-18(23)11-20-19(24)17(13-27-12-15-7-3-1-4-8-15)21-28(25,26)14-16-9-5-2-6-10-16/h1-10,17,21H,11-14H2,(H,20,24)(H,22,23)/t17-/m1/s1. The van der Waals surface area contributed by atoms with Crippen LogP contribution in [-0.4, -0.2) is 44.6 Å². The lowest BCUT2D eigenvalue weighted by atomic mass is 10.2. The number of rotatable bonds is 11. The summed E-state index contributed by atoms with van der Waals surface area (Å²) in [6.07, 6.45) is 0. The Balaban J connectivity index is 2.01. The fraction of sp³-hybridized carbons (Fsp3) is 0.263. The number of carboxylic acid groups (broad SMARTS) is 1. The first-order valence-electron chi connectivity index (χ1n) is 8.51. The van der Waals surface area contributed by atoms with Gasteiger partial charge in [-0.1, -0.05) is 60.7 Å². The molecule has 0 saturated heterocycles. The molecule has 0 fully saturated rings. The quantitative estimate of drug-likeness (QED) is 0.510. The predicted octanol–water partition coefficient (Wildman–Crippen LogP) is 0.892. The number of carboxylic acids is 1. The summed E-state index contributed by atoms with van der Waals surface area (Å²) in [5.41, 5.74) is 1.42. The number of benzene rings is 2. The van der Waals surface area contributed by atoms with Crippen LogP contribution in [0.25, 0.3) is 0 Å². The number of carbonyl (C=O) groups is 2. The van der Waals surface area contributed by atoms with E-state index in [-0.39, 0.29) is 19.0 Å². The maximum Gasteiger partial charge on any atom is 0.322 e. The van der Waals surface area contributed by atoms with Gasteiger partial charge in [-0.2, -0.15) is 0 Å². The molecule has 2 aromatic rings. The highest BCUT2D eigenvalue weighted by atomic mass is 32.2. The van der Waals surface area contributed by atoms with E-state index in [9.17, 15) is 18.0 Å². The fourth-order valence-electron chi connectivity index (χ4n) is 2.37. The average molecular weight is 406 g/mol. The van der Waals surface area contributed by atoms with Crippen LogP contribution in [0.3, 0.4) is 0 Å². The van der Waals surface area contributed by atoms with Crippen molar-refractivity contribution in [3.05, 3.63) is 71.8 Å². The van der Waals surface area contributed by atoms with Crippen molar-refractivity contribution < 1.29 is 27.9 Å². The van der Waals surface area contributed by atoms with Gasteiger partial charge in [-0.25, -0.2) is 13.1 Å². The first-order chi connectivity index (χ1) is 13.4. The molecule has 0 aliphatic heterocycles. The van der Waals surface area contributed by atoms with Crippen LogP contribution in [-0.2, 0) is 36.7 Å². The number of ether oxygens (including phenoxy) is 1. The van der Waals surface area contributed by atoms with Gasteiger partial charge >= 0.3 is 5.97 Å². The van der Waals surface area contributed by atoms with Crippen molar-refractivity contribution in [1.82, 2.24) is 10.0 Å². The molecular formula is C19H22N2O6S. The van der Waals surface area contributed by atoms with Crippen molar-refractivity contribution in [2.45, 2.75) is 18.4 Å². The Hall–Kier alpha value is -2.75. The Morgan fingerprint density at radius 2 is 1.54 bits per heavy atom. The highest BCUT2D eigenvalue weighted by molar-refractivity contribution is 7.88. The molecule has 150 valence electrons. The van der Waals surface area contributed by atoms with E-state index < -0.39 is 34.5 Å². The van der Waals surface area contributed by atoms with Crippen LogP contribution in [0.2, 0.25) is 0 Å².